The zero-order valence-electron chi connectivity index (χ0n) is 11.4. The molecule has 1 heterocycles. The van der Waals surface area contributed by atoms with Gasteiger partial charge in [-0.25, -0.2) is 9.59 Å². The molecule has 4 heteroatoms. The van der Waals surface area contributed by atoms with Crippen LogP contribution in [0.2, 0.25) is 0 Å². The molecule has 4 nitrogen and oxygen atoms in total. The van der Waals surface area contributed by atoms with Gasteiger partial charge in [-0.05, 0) is 31.1 Å². The maximum atomic E-state index is 11.8. The third-order valence-electron chi connectivity index (χ3n) is 2.85. The van der Waals surface area contributed by atoms with Crippen LogP contribution in [0.5, 0.6) is 0 Å². The Hall–Kier alpha value is -2.10. The molecule has 0 aliphatic carbocycles. The van der Waals surface area contributed by atoms with Gasteiger partial charge in [0.1, 0.15) is 5.57 Å². The van der Waals surface area contributed by atoms with Crippen molar-refractivity contribution >= 4 is 18.0 Å². The molecule has 0 bridgehead atoms. The van der Waals surface area contributed by atoms with Gasteiger partial charge in [0.05, 0.1) is 0 Å². The predicted molar refractivity (Wildman–Crippen MR) is 70.2 cm³/mol. The zero-order valence-corrected chi connectivity index (χ0v) is 11.4. The maximum absolute atomic E-state index is 11.8. The first-order chi connectivity index (χ1) is 8.78. The summed E-state index contributed by atoms with van der Waals surface area (Å²) in [6.07, 6.45) is 1.52. The normalized spacial score (nSPS) is 17.8. The minimum atomic E-state index is -1.20. The van der Waals surface area contributed by atoms with Crippen LogP contribution in [-0.2, 0) is 19.1 Å². The number of ether oxygens (including phenoxy) is 2. The van der Waals surface area contributed by atoms with Crippen molar-refractivity contribution in [2.24, 2.45) is 0 Å². The molecule has 2 rings (SSSR count). The van der Waals surface area contributed by atoms with Gasteiger partial charge in [-0.1, -0.05) is 23.8 Å². The van der Waals surface area contributed by atoms with E-state index in [9.17, 15) is 9.59 Å². The number of hydrogen-bond donors (Lipinski definition) is 0. The number of rotatable bonds is 1. The molecule has 0 spiro atoms. The summed E-state index contributed by atoms with van der Waals surface area (Å²) >= 11 is 0. The molecule has 0 N–H and O–H groups in total. The molecule has 100 valence electrons. The third kappa shape index (κ3) is 2.84. The van der Waals surface area contributed by atoms with E-state index in [-0.39, 0.29) is 5.57 Å². The Bertz CT molecular complexity index is 560. The molecule has 0 atom stereocenters. The minimum absolute atomic E-state index is 0.0759. The molecule has 0 amide bonds. The molecular formula is C15H16O4. The standard InChI is InChI=1S/C15H16O4/c1-9-5-6-10(2)11(7-9)8-12-13(16)18-15(3,4)19-14(12)17/h5-8H,1-4H3. The maximum Gasteiger partial charge on any atom is 0.348 e. The second-order valence-electron chi connectivity index (χ2n) is 5.10. The molecule has 1 saturated heterocycles. The van der Waals surface area contributed by atoms with E-state index >= 15 is 0 Å². The molecule has 1 aromatic rings. The molecule has 1 aromatic carbocycles. The van der Waals surface area contributed by atoms with Crippen molar-refractivity contribution in [3.8, 4) is 0 Å². The summed E-state index contributed by atoms with van der Waals surface area (Å²) in [5.74, 6) is -2.50. The van der Waals surface area contributed by atoms with Crippen LogP contribution in [-0.4, -0.2) is 17.7 Å². The Balaban J connectivity index is 2.41. The average molecular weight is 260 g/mol. The van der Waals surface area contributed by atoms with E-state index in [1.165, 1.54) is 19.9 Å². The van der Waals surface area contributed by atoms with Gasteiger partial charge in [0.15, 0.2) is 0 Å². The lowest BCUT2D eigenvalue weighted by Crippen LogP contribution is -2.41. The first-order valence-electron chi connectivity index (χ1n) is 6.04. The fraction of sp³-hybridized carbons (Fsp3) is 0.333. The van der Waals surface area contributed by atoms with E-state index in [0.717, 1.165) is 16.7 Å². The van der Waals surface area contributed by atoms with Crippen molar-refractivity contribution in [2.45, 2.75) is 33.5 Å². The van der Waals surface area contributed by atoms with Crippen molar-refractivity contribution in [3.05, 3.63) is 40.5 Å². The number of carbonyl (C=O) groups is 2. The molecule has 1 aliphatic heterocycles. The van der Waals surface area contributed by atoms with Gasteiger partial charge in [0, 0.05) is 13.8 Å². The number of aryl methyl sites for hydroxylation is 2. The molecule has 0 saturated carbocycles. The highest BCUT2D eigenvalue weighted by atomic mass is 16.7. The zero-order chi connectivity index (χ0) is 14.2. The highest BCUT2D eigenvalue weighted by molar-refractivity contribution is 6.18. The lowest BCUT2D eigenvalue weighted by Gasteiger charge is -2.29. The Kier molecular flexibility index (Phi) is 3.18. The number of carbonyl (C=O) groups excluding carboxylic acids is 2. The Labute approximate surface area is 112 Å². The number of esters is 2. The van der Waals surface area contributed by atoms with Gasteiger partial charge in [0.25, 0.3) is 5.79 Å². The lowest BCUT2D eigenvalue weighted by atomic mass is 10.0. The molecule has 0 unspecified atom stereocenters. The summed E-state index contributed by atoms with van der Waals surface area (Å²) in [6.45, 7) is 6.91. The van der Waals surface area contributed by atoms with Crippen LogP contribution in [0, 0.1) is 13.8 Å². The smallest absolute Gasteiger partial charge is 0.348 e. The van der Waals surface area contributed by atoms with E-state index in [1.807, 2.05) is 32.0 Å². The topological polar surface area (TPSA) is 52.6 Å². The van der Waals surface area contributed by atoms with E-state index in [2.05, 4.69) is 0 Å². The van der Waals surface area contributed by atoms with Crippen molar-refractivity contribution < 1.29 is 19.1 Å². The van der Waals surface area contributed by atoms with Gasteiger partial charge in [-0.15, -0.1) is 0 Å². The monoisotopic (exact) mass is 260 g/mol. The summed E-state index contributed by atoms with van der Waals surface area (Å²) in [5.41, 5.74) is 2.76. The van der Waals surface area contributed by atoms with E-state index in [4.69, 9.17) is 9.47 Å². The number of benzene rings is 1. The molecule has 0 aromatic heterocycles. The Morgan fingerprint density at radius 1 is 1.05 bits per heavy atom. The Morgan fingerprint density at radius 3 is 2.21 bits per heavy atom. The minimum Gasteiger partial charge on any atom is -0.419 e. The van der Waals surface area contributed by atoms with E-state index < -0.39 is 17.7 Å². The summed E-state index contributed by atoms with van der Waals surface area (Å²) in [5, 5.41) is 0. The largest absolute Gasteiger partial charge is 0.419 e. The summed E-state index contributed by atoms with van der Waals surface area (Å²) in [7, 11) is 0. The van der Waals surface area contributed by atoms with Crippen LogP contribution >= 0.6 is 0 Å². The van der Waals surface area contributed by atoms with Crippen LogP contribution in [0.1, 0.15) is 30.5 Å². The molecule has 19 heavy (non-hydrogen) atoms. The fourth-order valence-electron chi connectivity index (χ4n) is 1.85. The van der Waals surface area contributed by atoms with Gasteiger partial charge in [-0.3, -0.25) is 0 Å². The molecule has 1 fully saturated rings. The van der Waals surface area contributed by atoms with Gasteiger partial charge >= 0.3 is 11.9 Å². The van der Waals surface area contributed by atoms with Crippen LogP contribution in [0.25, 0.3) is 6.08 Å². The van der Waals surface area contributed by atoms with Crippen LogP contribution in [0.3, 0.4) is 0 Å². The first-order valence-corrected chi connectivity index (χ1v) is 6.04. The lowest BCUT2D eigenvalue weighted by molar-refractivity contribution is -0.222. The highest BCUT2D eigenvalue weighted by Gasteiger charge is 2.38. The van der Waals surface area contributed by atoms with E-state index in [0.29, 0.717) is 0 Å². The Morgan fingerprint density at radius 2 is 1.63 bits per heavy atom. The van der Waals surface area contributed by atoms with Crippen LogP contribution < -0.4 is 0 Å². The molecule has 0 radical (unpaired) electrons. The summed E-state index contributed by atoms with van der Waals surface area (Å²) in [6, 6.07) is 5.81. The van der Waals surface area contributed by atoms with Crippen molar-refractivity contribution in [1.29, 1.82) is 0 Å². The predicted octanol–water partition coefficient (Wildman–Crippen LogP) is 2.52. The van der Waals surface area contributed by atoms with Crippen molar-refractivity contribution in [1.82, 2.24) is 0 Å². The second kappa shape index (κ2) is 4.53. The average Bonchev–Trinajstić information content (AvgIpc) is 2.26. The van der Waals surface area contributed by atoms with Crippen LogP contribution in [0.15, 0.2) is 23.8 Å². The highest BCUT2D eigenvalue weighted by Crippen LogP contribution is 2.25. The SMILES string of the molecule is Cc1ccc(C)c(C=C2C(=O)OC(C)(C)OC2=O)c1. The van der Waals surface area contributed by atoms with Crippen molar-refractivity contribution in [2.75, 3.05) is 0 Å². The summed E-state index contributed by atoms with van der Waals surface area (Å²) in [4.78, 5) is 23.7. The third-order valence-corrected chi connectivity index (χ3v) is 2.85. The first kappa shape index (κ1) is 13.3. The number of cyclic esters (lactones) is 2. The quantitative estimate of drug-likeness (QED) is 0.442. The van der Waals surface area contributed by atoms with E-state index in [1.54, 1.807) is 0 Å². The van der Waals surface area contributed by atoms with Gasteiger partial charge in [0.2, 0.25) is 0 Å². The molecule has 1 aliphatic rings. The van der Waals surface area contributed by atoms with Gasteiger partial charge in [-0.2, -0.15) is 0 Å². The fourth-order valence-corrected chi connectivity index (χ4v) is 1.85. The second-order valence-corrected chi connectivity index (χ2v) is 5.10. The molecular weight excluding hydrogens is 244 g/mol. The van der Waals surface area contributed by atoms with Crippen molar-refractivity contribution in [3.63, 3.8) is 0 Å². The number of hydrogen-bond acceptors (Lipinski definition) is 4. The summed E-state index contributed by atoms with van der Waals surface area (Å²) < 4.78 is 10.1. The van der Waals surface area contributed by atoms with Crippen LogP contribution in [0.4, 0.5) is 0 Å². The van der Waals surface area contributed by atoms with Gasteiger partial charge < -0.3 is 9.47 Å².